The molecule has 2 N–H and O–H groups in total. The van der Waals surface area contributed by atoms with Crippen LogP contribution in [0, 0.1) is 0 Å². The van der Waals surface area contributed by atoms with Crippen molar-refractivity contribution in [1.29, 1.82) is 0 Å². The molecule has 1 amide bonds. The highest BCUT2D eigenvalue weighted by Gasteiger charge is 2.38. The van der Waals surface area contributed by atoms with Crippen LogP contribution in [0.15, 0.2) is 36.4 Å². The average molecular weight is 355 g/mol. The molecule has 1 aliphatic rings. The van der Waals surface area contributed by atoms with Crippen LogP contribution in [-0.4, -0.2) is 29.6 Å². The third-order valence-electron chi connectivity index (χ3n) is 5.40. The lowest BCUT2D eigenvalue weighted by Gasteiger charge is -2.30. The number of amides is 1. The molecule has 1 atom stereocenters. The van der Waals surface area contributed by atoms with Crippen LogP contribution in [0.3, 0.4) is 0 Å². The molecule has 1 unspecified atom stereocenters. The van der Waals surface area contributed by atoms with Gasteiger partial charge in [0.2, 0.25) is 5.91 Å². The Morgan fingerprint density at radius 2 is 1.81 bits per heavy atom. The van der Waals surface area contributed by atoms with Crippen LogP contribution in [0.2, 0.25) is 0 Å². The molecule has 0 saturated heterocycles. The molecular weight excluding hydrogens is 330 g/mol. The van der Waals surface area contributed by atoms with Gasteiger partial charge in [-0.15, -0.1) is 0 Å². The number of carboxylic acid groups (broad SMARTS) is 1. The van der Waals surface area contributed by atoms with Crippen LogP contribution in [0.1, 0.15) is 50.5 Å². The summed E-state index contributed by atoms with van der Waals surface area (Å²) in [6.07, 6.45) is 3.37. The quantitative estimate of drug-likeness (QED) is 0.825. The van der Waals surface area contributed by atoms with Crippen molar-refractivity contribution in [3.05, 3.63) is 42.0 Å². The third kappa shape index (κ3) is 3.82. The smallest absolute Gasteiger partial charge is 0.305 e. The lowest BCUT2D eigenvalue weighted by atomic mass is 9.90. The van der Waals surface area contributed by atoms with Crippen molar-refractivity contribution in [1.82, 2.24) is 5.32 Å². The number of nitrogens with one attached hydrogen (secondary N) is 1. The molecule has 0 spiro atoms. The van der Waals surface area contributed by atoms with E-state index in [4.69, 9.17) is 4.74 Å². The fraction of sp³-hybridized carbons (Fsp3) is 0.429. The number of fused-ring (bicyclic) bond motifs is 1. The van der Waals surface area contributed by atoms with Crippen LogP contribution >= 0.6 is 0 Å². The number of carbonyl (C=O) groups excluding carboxylic acids is 1. The molecule has 0 heterocycles. The highest BCUT2D eigenvalue weighted by atomic mass is 16.5. The van der Waals surface area contributed by atoms with Gasteiger partial charge in [0.1, 0.15) is 5.75 Å². The Morgan fingerprint density at radius 3 is 2.46 bits per heavy atom. The van der Waals surface area contributed by atoms with E-state index in [9.17, 15) is 14.7 Å². The number of rotatable bonds is 6. The number of hydrogen-bond donors (Lipinski definition) is 2. The molecule has 1 fully saturated rings. The molecule has 0 bridgehead atoms. The van der Waals surface area contributed by atoms with Crippen molar-refractivity contribution < 1.29 is 19.4 Å². The van der Waals surface area contributed by atoms with E-state index in [1.807, 2.05) is 43.3 Å². The van der Waals surface area contributed by atoms with Crippen molar-refractivity contribution in [2.45, 2.75) is 50.5 Å². The van der Waals surface area contributed by atoms with E-state index in [-0.39, 0.29) is 18.2 Å². The van der Waals surface area contributed by atoms with Gasteiger partial charge < -0.3 is 15.2 Å². The van der Waals surface area contributed by atoms with E-state index in [1.54, 1.807) is 7.11 Å². The molecule has 0 aliphatic heterocycles. The molecule has 5 nitrogen and oxygen atoms in total. The summed E-state index contributed by atoms with van der Waals surface area (Å²) in [6, 6.07) is 11.8. The zero-order valence-electron chi connectivity index (χ0n) is 15.2. The summed E-state index contributed by atoms with van der Waals surface area (Å²) in [7, 11) is 1.64. The van der Waals surface area contributed by atoms with E-state index in [0.717, 1.165) is 47.8 Å². The summed E-state index contributed by atoms with van der Waals surface area (Å²) >= 11 is 0. The third-order valence-corrected chi connectivity index (χ3v) is 5.40. The standard InChI is InChI=1S/C21H25NO4/c1-14(20(25)22-21(13-19(23)24)9-3-4-10-21)15-5-6-17-12-18(26-2)8-7-16(17)11-15/h5-8,11-12,14H,3-4,9-10,13H2,1-2H3,(H,22,25)(H,23,24). The predicted octanol–water partition coefficient (Wildman–Crippen LogP) is 3.86. The summed E-state index contributed by atoms with van der Waals surface area (Å²) < 4.78 is 5.24. The number of ether oxygens (including phenoxy) is 1. The number of aliphatic carboxylic acids is 1. The van der Waals surface area contributed by atoms with Gasteiger partial charge in [-0.25, -0.2) is 0 Å². The van der Waals surface area contributed by atoms with Gasteiger partial charge in [-0.2, -0.15) is 0 Å². The van der Waals surface area contributed by atoms with Gasteiger partial charge in [-0.05, 0) is 48.2 Å². The van der Waals surface area contributed by atoms with Gasteiger partial charge >= 0.3 is 5.97 Å². The van der Waals surface area contributed by atoms with Crippen LogP contribution in [-0.2, 0) is 9.59 Å². The fourth-order valence-corrected chi connectivity index (χ4v) is 3.85. The summed E-state index contributed by atoms with van der Waals surface area (Å²) in [5, 5.41) is 14.4. The van der Waals surface area contributed by atoms with Crippen LogP contribution in [0.5, 0.6) is 5.75 Å². The van der Waals surface area contributed by atoms with Crippen molar-refractivity contribution >= 4 is 22.6 Å². The van der Waals surface area contributed by atoms with Crippen LogP contribution < -0.4 is 10.1 Å². The second-order valence-corrected chi connectivity index (χ2v) is 7.24. The molecule has 138 valence electrons. The van der Waals surface area contributed by atoms with Gasteiger partial charge in [0.05, 0.1) is 25.0 Å². The number of benzene rings is 2. The van der Waals surface area contributed by atoms with Gasteiger partial charge in [-0.3, -0.25) is 9.59 Å². The van der Waals surface area contributed by atoms with Crippen molar-refractivity contribution in [3.8, 4) is 5.75 Å². The molecule has 5 heteroatoms. The van der Waals surface area contributed by atoms with Crippen molar-refractivity contribution in [2.24, 2.45) is 0 Å². The summed E-state index contributed by atoms with van der Waals surface area (Å²) in [5.74, 6) is -0.513. The lowest BCUT2D eigenvalue weighted by Crippen LogP contribution is -2.49. The van der Waals surface area contributed by atoms with E-state index in [1.165, 1.54) is 0 Å². The molecular formula is C21H25NO4. The first-order chi connectivity index (χ1) is 12.4. The second-order valence-electron chi connectivity index (χ2n) is 7.24. The lowest BCUT2D eigenvalue weighted by molar-refractivity contribution is -0.139. The van der Waals surface area contributed by atoms with Gasteiger partial charge in [0.25, 0.3) is 0 Å². The summed E-state index contributed by atoms with van der Waals surface area (Å²) in [6.45, 7) is 1.86. The van der Waals surface area contributed by atoms with E-state index in [2.05, 4.69) is 5.32 Å². The maximum absolute atomic E-state index is 12.8. The maximum atomic E-state index is 12.8. The van der Waals surface area contributed by atoms with E-state index in [0.29, 0.717) is 0 Å². The zero-order chi connectivity index (χ0) is 18.7. The highest BCUT2D eigenvalue weighted by molar-refractivity contribution is 5.89. The minimum absolute atomic E-state index is 0.0109. The SMILES string of the molecule is COc1ccc2cc(C(C)C(=O)NC3(CC(=O)O)CCCC3)ccc2c1. The molecule has 2 aromatic carbocycles. The first kappa shape index (κ1) is 18.2. The molecule has 1 saturated carbocycles. The Balaban J connectivity index is 1.79. The molecule has 0 aromatic heterocycles. The topological polar surface area (TPSA) is 75.6 Å². The Labute approximate surface area is 153 Å². The number of methoxy groups -OCH3 is 1. The first-order valence-electron chi connectivity index (χ1n) is 9.04. The van der Waals surface area contributed by atoms with Gasteiger partial charge in [-0.1, -0.05) is 37.1 Å². The van der Waals surface area contributed by atoms with Gasteiger partial charge in [0, 0.05) is 0 Å². The number of hydrogen-bond acceptors (Lipinski definition) is 3. The maximum Gasteiger partial charge on any atom is 0.305 e. The van der Waals surface area contributed by atoms with Crippen LogP contribution in [0.4, 0.5) is 0 Å². The van der Waals surface area contributed by atoms with Crippen molar-refractivity contribution in [3.63, 3.8) is 0 Å². The predicted molar refractivity (Wildman–Crippen MR) is 101 cm³/mol. The summed E-state index contributed by atoms with van der Waals surface area (Å²) in [5.41, 5.74) is 0.324. The largest absolute Gasteiger partial charge is 0.497 e. The van der Waals surface area contributed by atoms with E-state index >= 15 is 0 Å². The Kier molecular flexibility index (Phi) is 5.16. The average Bonchev–Trinajstić information content (AvgIpc) is 3.07. The minimum atomic E-state index is -0.862. The monoisotopic (exact) mass is 355 g/mol. The molecule has 0 radical (unpaired) electrons. The summed E-state index contributed by atoms with van der Waals surface area (Å²) in [4.78, 5) is 24.0. The molecule has 3 rings (SSSR count). The molecule has 1 aliphatic carbocycles. The van der Waals surface area contributed by atoms with Crippen LogP contribution in [0.25, 0.3) is 10.8 Å². The zero-order valence-corrected chi connectivity index (χ0v) is 15.2. The molecule has 26 heavy (non-hydrogen) atoms. The number of carboxylic acids is 1. The molecule has 2 aromatic rings. The Bertz CT molecular complexity index is 824. The second kappa shape index (κ2) is 7.36. The number of carbonyl (C=O) groups is 2. The highest BCUT2D eigenvalue weighted by Crippen LogP contribution is 2.34. The fourth-order valence-electron chi connectivity index (χ4n) is 3.85. The van der Waals surface area contributed by atoms with E-state index < -0.39 is 11.5 Å². The Morgan fingerprint density at radius 1 is 1.15 bits per heavy atom. The van der Waals surface area contributed by atoms with Crippen molar-refractivity contribution in [2.75, 3.05) is 7.11 Å². The Hall–Kier alpha value is -2.56. The minimum Gasteiger partial charge on any atom is -0.497 e. The first-order valence-corrected chi connectivity index (χ1v) is 9.04. The normalized spacial score (nSPS) is 17.0. The van der Waals surface area contributed by atoms with Gasteiger partial charge in [0.15, 0.2) is 0 Å².